The predicted molar refractivity (Wildman–Crippen MR) is 408 cm³/mol. The minimum atomic E-state index is -2.37. The highest BCUT2D eigenvalue weighted by Gasteiger charge is 2.51. The van der Waals surface area contributed by atoms with Crippen molar-refractivity contribution >= 4 is 92.4 Å². The van der Waals surface area contributed by atoms with Crippen LogP contribution in [-0.2, 0) is 59.0 Å². The standard InChI is InChI=1S/C79H81BrCl2N8O24/c1-34(2)10-8-6-4-5-7-9-11-56(96)85-65-67(98)68(99)70(78(108)109-23-22-80)114-79(65)113-69-54-28-39-29-55(69)112-52-21-16-38(26-46(52)81)66(97)64-76(105)89-63(77(106)107)44-30-40(91)31-50(94)57(44)43-25-36(14-19-48(43)92)60(73(102)90-64)86-74(103)61(39)87-75(104)62-45-32-42(33-51(95)58(45)82)111-53-27-37(15-20-49(53)93)59(83-3)72(101)84-47(71(100)88-62)24-35-12-17-41(110-54)18-13-35/h12-21,25-34,47,59-68,70,79,83,91-95,97-99H,4-11,22-24H2,1-3H3,(H,84,101)(H,85,96)(H,86,103)(H,87,104)(H,88,100)(H,89,105)(H,90,102)(H,106,107)/t47?,59?,60?,61?,62?,63?,64?,65-,66?,67-,68+,70+,79-/m1/s1. The van der Waals surface area contributed by atoms with Crippen molar-refractivity contribution in [1.82, 2.24) is 42.5 Å². The molecule has 1 fully saturated rings. The van der Waals surface area contributed by atoms with Gasteiger partial charge in [0.15, 0.2) is 35.1 Å². The van der Waals surface area contributed by atoms with E-state index in [0.717, 1.165) is 105 Å². The summed E-state index contributed by atoms with van der Waals surface area (Å²) in [5.41, 5.74) is -2.58. The second-order valence-corrected chi connectivity index (χ2v) is 29.9. The number of aliphatic hydroxyl groups is 3. The van der Waals surface area contributed by atoms with E-state index in [-0.39, 0.29) is 64.5 Å². The molecule has 7 heterocycles. The highest BCUT2D eigenvalue weighted by Crippen LogP contribution is 2.50. The Bertz CT molecular complexity index is 4900. The number of phenols is 5. The van der Waals surface area contributed by atoms with Crippen molar-refractivity contribution in [1.29, 1.82) is 0 Å². The third-order valence-corrected chi connectivity index (χ3v) is 20.9. The number of fused-ring (bicyclic) bond motifs is 14. The summed E-state index contributed by atoms with van der Waals surface area (Å²) in [6, 6.07) is 6.02. The summed E-state index contributed by atoms with van der Waals surface area (Å²) < 4.78 is 38.1. The molecule has 0 saturated carbocycles. The third kappa shape index (κ3) is 18.2. The highest BCUT2D eigenvalue weighted by atomic mass is 79.9. The van der Waals surface area contributed by atoms with Crippen LogP contribution in [0.15, 0.2) is 115 Å². The number of halogens is 3. The molecule has 0 spiro atoms. The topological polar surface area (TPSA) is 487 Å². The summed E-state index contributed by atoms with van der Waals surface area (Å²) in [5.74, 6) is -17.2. The molecule has 17 bridgehead atoms. The van der Waals surface area contributed by atoms with Crippen LogP contribution >= 0.6 is 39.1 Å². The maximum Gasteiger partial charge on any atom is 0.338 e. The molecule has 7 aliphatic heterocycles. The number of carbonyl (C=O) groups excluding carboxylic acids is 8. The Morgan fingerprint density at radius 2 is 1.23 bits per heavy atom. The number of carboxylic acids is 1. The molecule has 7 aromatic carbocycles. The van der Waals surface area contributed by atoms with Gasteiger partial charge < -0.3 is 117 Å². The molecule has 0 aromatic heterocycles. The average molecular weight is 1680 g/mol. The molecule has 7 amide bonds. The SMILES string of the molecule is CNC1C(=O)NC2Cc3ccc(cc3)Oc3cc4cc(c3O[C@@H]3O[C@H](C(=O)OCCBr)[C@@H](O)[C@H](O)[C@H]3NC(=O)CCCCCCCCC(C)C)Oc3ccc(cc3Cl)C(O)C3NC(=O)C(NC(=O)C4NC(=O)C(NC2=O)c2cc(cc(O)c2Cl)Oc2cc1ccc2O)c1ccc(O)c(c1)-c1c(O)cc(O)cc1C(C(=O)O)NC3=O. The number of esters is 1. The largest absolute Gasteiger partial charge is 0.508 e. The lowest BCUT2D eigenvalue weighted by molar-refractivity contribution is -0.243. The van der Waals surface area contributed by atoms with Crippen LogP contribution in [0.5, 0.6) is 69.0 Å². The minimum Gasteiger partial charge on any atom is -0.508 e. The van der Waals surface area contributed by atoms with Crippen LogP contribution in [-0.4, -0.2) is 161 Å². The Kier molecular flexibility index (Phi) is 25.6. The van der Waals surface area contributed by atoms with Crippen LogP contribution in [0.1, 0.15) is 140 Å². The number of hydrogen-bond acceptors (Lipinski definition) is 24. The molecule has 35 heteroatoms. The van der Waals surface area contributed by atoms with Gasteiger partial charge in [0, 0.05) is 52.6 Å². The van der Waals surface area contributed by atoms with Gasteiger partial charge in [0.05, 0.1) is 10.0 Å². The summed E-state index contributed by atoms with van der Waals surface area (Å²) in [6.07, 6.45) is -5.23. The molecule has 14 rings (SSSR count). The average Bonchev–Trinajstić information content (AvgIpc) is 0.767. The van der Waals surface area contributed by atoms with Crippen molar-refractivity contribution in [3.8, 4) is 80.1 Å². The van der Waals surface area contributed by atoms with Crippen molar-refractivity contribution in [3.05, 3.63) is 164 Å². The van der Waals surface area contributed by atoms with Crippen molar-refractivity contribution in [2.45, 2.75) is 151 Å². The Hall–Kier alpha value is -11.2. The molecular weight excluding hydrogens is 1600 g/mol. The molecule has 8 unspecified atom stereocenters. The van der Waals surface area contributed by atoms with E-state index in [1.54, 1.807) is 0 Å². The highest BCUT2D eigenvalue weighted by molar-refractivity contribution is 9.09. The molecule has 13 atom stereocenters. The fourth-order valence-corrected chi connectivity index (χ4v) is 14.6. The first-order valence-corrected chi connectivity index (χ1v) is 38.3. The number of carboxylic acid groups (broad SMARTS) is 1. The van der Waals surface area contributed by atoms with Gasteiger partial charge in [-0.2, -0.15) is 0 Å². The van der Waals surface area contributed by atoms with E-state index in [1.165, 1.54) is 49.5 Å². The molecular formula is C79H81BrCl2N8O24. The minimum absolute atomic E-state index is 0.0954. The number of unbranched alkanes of at least 4 members (excludes halogenated alkanes) is 5. The Morgan fingerprint density at radius 1 is 0.588 bits per heavy atom. The van der Waals surface area contributed by atoms with Gasteiger partial charge >= 0.3 is 11.9 Å². The number of hydrogen-bond donors (Lipinski definition) is 17. The van der Waals surface area contributed by atoms with Gasteiger partial charge in [-0.05, 0) is 120 Å². The normalized spacial score (nSPS) is 23.4. The first-order valence-electron chi connectivity index (χ1n) is 36.4. The van der Waals surface area contributed by atoms with E-state index in [0.29, 0.717) is 24.3 Å². The predicted octanol–water partition coefficient (Wildman–Crippen LogP) is 7.57. The molecule has 17 N–H and O–H groups in total. The van der Waals surface area contributed by atoms with Crippen molar-refractivity contribution in [2.24, 2.45) is 5.92 Å². The Morgan fingerprint density at radius 3 is 1.93 bits per heavy atom. The lowest BCUT2D eigenvalue weighted by Crippen LogP contribution is -2.66. The zero-order chi connectivity index (χ0) is 81.7. The number of nitrogens with one attached hydrogen (secondary N) is 8. The molecule has 114 heavy (non-hydrogen) atoms. The second kappa shape index (κ2) is 35.5. The second-order valence-electron chi connectivity index (χ2n) is 28.3. The number of ether oxygens (including phenoxy) is 6. The van der Waals surface area contributed by atoms with E-state index < -0.39 is 216 Å². The quantitative estimate of drug-likeness (QED) is 0.0237. The fourth-order valence-electron chi connectivity index (χ4n) is 14.0. The summed E-state index contributed by atoms with van der Waals surface area (Å²) in [7, 11) is 1.44. The van der Waals surface area contributed by atoms with Gasteiger partial charge in [-0.3, -0.25) is 33.6 Å². The lowest BCUT2D eigenvalue weighted by Gasteiger charge is -2.41. The summed E-state index contributed by atoms with van der Waals surface area (Å²) in [5, 5.41) is 124. The number of aliphatic carboxylic acids is 1. The molecule has 32 nitrogen and oxygen atoms in total. The maximum absolute atomic E-state index is 16.5. The molecule has 0 radical (unpaired) electrons. The van der Waals surface area contributed by atoms with Gasteiger partial charge in [0.1, 0.15) is 107 Å². The smallest absolute Gasteiger partial charge is 0.338 e. The van der Waals surface area contributed by atoms with Crippen LogP contribution in [0.3, 0.4) is 0 Å². The van der Waals surface area contributed by atoms with Gasteiger partial charge in [0.2, 0.25) is 53.4 Å². The van der Waals surface area contributed by atoms with Crippen molar-refractivity contribution in [2.75, 3.05) is 19.0 Å². The number of aromatic hydroxyl groups is 5. The van der Waals surface area contributed by atoms with Crippen LogP contribution in [0.2, 0.25) is 10.0 Å². The first kappa shape index (κ1) is 82.3. The number of aliphatic hydroxyl groups excluding tert-OH is 3. The first-order chi connectivity index (χ1) is 54.5. The van der Waals surface area contributed by atoms with Crippen molar-refractivity contribution < 1.29 is 118 Å². The van der Waals surface area contributed by atoms with E-state index in [4.69, 9.17) is 51.6 Å². The number of benzene rings is 7. The van der Waals surface area contributed by atoms with E-state index in [1.807, 2.05) is 0 Å². The molecule has 0 aliphatic carbocycles. The van der Waals surface area contributed by atoms with E-state index in [2.05, 4.69) is 72.3 Å². The monoisotopic (exact) mass is 1670 g/mol. The number of alkyl halides is 1. The zero-order valence-electron chi connectivity index (χ0n) is 61.1. The summed E-state index contributed by atoms with van der Waals surface area (Å²) in [4.78, 5) is 135. The van der Waals surface area contributed by atoms with E-state index >= 15 is 24.0 Å². The maximum atomic E-state index is 16.5. The van der Waals surface area contributed by atoms with Crippen LogP contribution in [0, 0.1) is 5.92 Å². The van der Waals surface area contributed by atoms with Crippen molar-refractivity contribution in [3.63, 3.8) is 0 Å². The molecule has 7 aliphatic rings. The number of rotatable bonds is 17. The third-order valence-electron chi connectivity index (χ3n) is 19.9. The fraction of sp³-hybridized carbons (Fsp3) is 0.354. The van der Waals surface area contributed by atoms with Crippen LogP contribution in [0.4, 0.5) is 0 Å². The summed E-state index contributed by atoms with van der Waals surface area (Å²) >= 11 is 17.3. The van der Waals surface area contributed by atoms with Crippen LogP contribution in [0.25, 0.3) is 11.1 Å². The molecule has 602 valence electrons. The van der Waals surface area contributed by atoms with Gasteiger partial charge in [-0.1, -0.05) is 122 Å². The van der Waals surface area contributed by atoms with Gasteiger partial charge in [0.25, 0.3) is 0 Å². The number of phenolic OH excluding ortho intramolecular Hbond substituents is 5. The number of amides is 7. The Labute approximate surface area is 668 Å². The molecule has 1 saturated heterocycles. The number of carbonyl (C=O) groups is 9. The Balaban J connectivity index is 1.09. The lowest BCUT2D eigenvalue weighted by atomic mass is 9.89. The van der Waals surface area contributed by atoms with E-state index in [9.17, 15) is 65.1 Å². The zero-order valence-corrected chi connectivity index (χ0v) is 64.2. The molecule has 7 aromatic rings. The van der Waals surface area contributed by atoms with Gasteiger partial charge in [-0.15, -0.1) is 0 Å². The number of likely N-dealkylation sites (N-methyl/N-ethyl adjacent to an activating group) is 1. The summed E-state index contributed by atoms with van der Waals surface area (Å²) in [6.45, 7) is 4.03. The van der Waals surface area contributed by atoms with Crippen LogP contribution < -0.4 is 61.5 Å². The van der Waals surface area contributed by atoms with Gasteiger partial charge in [-0.25, -0.2) is 9.59 Å².